The summed E-state index contributed by atoms with van der Waals surface area (Å²) in [6.07, 6.45) is 1.39. The minimum absolute atomic E-state index is 0.107. The maximum absolute atomic E-state index is 11.0. The van der Waals surface area contributed by atoms with Crippen molar-refractivity contribution in [2.24, 2.45) is 0 Å². The number of ether oxygens (including phenoxy) is 10. The fourth-order valence-electron chi connectivity index (χ4n) is 2.89. The van der Waals surface area contributed by atoms with E-state index >= 15 is 0 Å². The van der Waals surface area contributed by atoms with Gasteiger partial charge in [-0.2, -0.15) is 0 Å². The van der Waals surface area contributed by atoms with Gasteiger partial charge in [0.25, 0.3) is 0 Å². The normalized spacial score (nSPS) is 10.9. The third-order valence-corrected chi connectivity index (χ3v) is 4.74. The van der Waals surface area contributed by atoms with Gasteiger partial charge in [0, 0.05) is 12.6 Å². The average molecular weight is 574 g/mol. The van der Waals surface area contributed by atoms with Crippen LogP contribution in [0.2, 0.25) is 0 Å². The Morgan fingerprint density at radius 3 is 1.23 bits per heavy atom. The summed E-state index contributed by atoms with van der Waals surface area (Å²) in [7, 11) is 0. The fraction of sp³-hybridized carbons (Fsp3) is 0.679. The predicted octanol–water partition coefficient (Wildman–Crippen LogP) is 2.32. The molecular weight excluding hydrogens is 526 g/mol. The monoisotopic (exact) mass is 573 g/mol. The zero-order valence-corrected chi connectivity index (χ0v) is 23.8. The van der Waals surface area contributed by atoms with Crippen molar-refractivity contribution in [3.05, 3.63) is 37.1 Å². The van der Waals surface area contributed by atoms with Crippen molar-refractivity contribution in [1.82, 2.24) is 0 Å². The molecule has 40 heavy (non-hydrogen) atoms. The van der Waals surface area contributed by atoms with Crippen LogP contribution in [0.1, 0.15) is 6.92 Å². The van der Waals surface area contributed by atoms with Gasteiger partial charge in [-0.15, -0.1) is 0 Å². The van der Waals surface area contributed by atoms with Crippen molar-refractivity contribution >= 4 is 11.6 Å². The Kier molecular flexibility index (Phi) is 25.2. The van der Waals surface area contributed by atoms with Crippen molar-refractivity contribution in [3.8, 4) is 5.75 Å². The van der Waals surface area contributed by atoms with Gasteiger partial charge >= 0.3 is 0 Å². The highest BCUT2D eigenvalue weighted by Gasteiger charge is 1.98. The Bertz CT molecular complexity index is 706. The maximum Gasteiger partial charge on any atom is 0.221 e. The molecule has 0 aliphatic heterocycles. The molecule has 0 radical (unpaired) electrons. The van der Waals surface area contributed by atoms with Gasteiger partial charge in [0.05, 0.1) is 112 Å². The second kappa shape index (κ2) is 28.2. The third-order valence-electron chi connectivity index (χ3n) is 4.74. The highest BCUT2D eigenvalue weighted by atomic mass is 16.6. The average Bonchev–Trinajstić information content (AvgIpc) is 2.95. The van der Waals surface area contributed by atoms with Crippen molar-refractivity contribution in [1.29, 1.82) is 0 Å². The van der Waals surface area contributed by atoms with Crippen LogP contribution in [0.25, 0.3) is 0 Å². The van der Waals surface area contributed by atoms with E-state index < -0.39 is 0 Å². The first-order valence-electron chi connectivity index (χ1n) is 13.6. The lowest BCUT2D eigenvalue weighted by molar-refractivity contribution is -0.114. The van der Waals surface area contributed by atoms with Crippen LogP contribution in [0.15, 0.2) is 37.1 Å². The maximum atomic E-state index is 11.0. The van der Waals surface area contributed by atoms with E-state index in [0.717, 1.165) is 11.4 Å². The van der Waals surface area contributed by atoms with Gasteiger partial charge < -0.3 is 52.7 Å². The van der Waals surface area contributed by atoms with E-state index in [9.17, 15) is 4.79 Å². The predicted molar refractivity (Wildman–Crippen MR) is 149 cm³/mol. The first-order chi connectivity index (χ1) is 19.7. The summed E-state index contributed by atoms with van der Waals surface area (Å²) in [6.45, 7) is 13.9. The Morgan fingerprint density at radius 1 is 0.575 bits per heavy atom. The van der Waals surface area contributed by atoms with Crippen molar-refractivity contribution in [2.45, 2.75) is 6.92 Å². The number of hydrogen-bond acceptors (Lipinski definition) is 11. The molecule has 12 heteroatoms. The molecule has 0 spiro atoms. The van der Waals surface area contributed by atoms with Crippen LogP contribution in [0.4, 0.5) is 5.69 Å². The molecule has 1 rings (SSSR count). The standard InChI is InChI=1S/C28H47NO11/c1-3-31-8-9-32-10-11-33-12-13-34-14-15-35-16-17-36-18-19-37-20-21-38-22-23-39-24-25-40-28-6-4-27(5-7-28)29-26(2)30/h3-7H,1,8-25H2,2H3,(H,29,30). The van der Waals surface area contributed by atoms with Gasteiger partial charge in [-0.3, -0.25) is 4.79 Å². The van der Waals surface area contributed by atoms with E-state index in [4.69, 9.17) is 47.4 Å². The molecule has 0 aliphatic rings. The molecule has 1 N–H and O–H groups in total. The number of carbonyl (C=O) groups excluding carboxylic acids is 1. The molecule has 0 aliphatic carbocycles. The summed E-state index contributed by atoms with van der Waals surface area (Å²) >= 11 is 0. The molecule has 1 aromatic carbocycles. The van der Waals surface area contributed by atoms with Gasteiger partial charge in [0.1, 0.15) is 19.0 Å². The molecule has 0 saturated carbocycles. The molecule has 0 heterocycles. The van der Waals surface area contributed by atoms with E-state index in [1.807, 2.05) is 0 Å². The molecule has 230 valence electrons. The molecule has 0 saturated heterocycles. The summed E-state index contributed by atoms with van der Waals surface area (Å²) in [5.41, 5.74) is 0.733. The smallest absolute Gasteiger partial charge is 0.221 e. The second-order valence-electron chi connectivity index (χ2n) is 7.99. The van der Waals surface area contributed by atoms with Gasteiger partial charge in [0.2, 0.25) is 5.91 Å². The molecule has 1 aromatic rings. The molecule has 0 atom stereocenters. The zero-order chi connectivity index (χ0) is 28.8. The lowest BCUT2D eigenvalue weighted by Crippen LogP contribution is -2.15. The van der Waals surface area contributed by atoms with E-state index in [2.05, 4.69) is 11.9 Å². The first-order valence-corrected chi connectivity index (χ1v) is 13.6. The van der Waals surface area contributed by atoms with Crippen LogP contribution in [0, 0.1) is 0 Å². The summed E-state index contributed by atoms with van der Waals surface area (Å²) in [4.78, 5) is 11.0. The SMILES string of the molecule is C=COCCOCCOCCOCCOCCOCCOCCOCCOCCOc1ccc(NC(C)=O)cc1. The summed E-state index contributed by atoms with van der Waals surface area (Å²) in [6, 6.07) is 7.17. The van der Waals surface area contributed by atoms with E-state index in [1.165, 1.54) is 13.2 Å². The molecule has 0 bridgehead atoms. The van der Waals surface area contributed by atoms with E-state index in [-0.39, 0.29) is 5.91 Å². The number of nitrogens with one attached hydrogen (secondary N) is 1. The third kappa shape index (κ3) is 24.7. The highest BCUT2D eigenvalue weighted by molar-refractivity contribution is 5.88. The van der Waals surface area contributed by atoms with Gasteiger partial charge in [0.15, 0.2) is 0 Å². The number of carbonyl (C=O) groups is 1. The number of benzene rings is 1. The first kappa shape index (κ1) is 35.7. The van der Waals surface area contributed by atoms with Crippen LogP contribution in [0.3, 0.4) is 0 Å². The second-order valence-corrected chi connectivity index (χ2v) is 7.99. The van der Waals surface area contributed by atoms with Crippen LogP contribution >= 0.6 is 0 Å². The van der Waals surface area contributed by atoms with Gasteiger partial charge in [-0.1, -0.05) is 6.58 Å². The lowest BCUT2D eigenvalue weighted by Gasteiger charge is -2.09. The van der Waals surface area contributed by atoms with Crippen LogP contribution in [0.5, 0.6) is 5.75 Å². The largest absolute Gasteiger partial charge is 0.499 e. The summed E-state index contributed by atoms with van der Waals surface area (Å²) in [5.74, 6) is 0.611. The number of amides is 1. The van der Waals surface area contributed by atoms with Crippen molar-refractivity contribution < 1.29 is 52.2 Å². The Hall–Kier alpha value is -2.29. The van der Waals surface area contributed by atoms with Gasteiger partial charge in [-0.05, 0) is 24.3 Å². The Morgan fingerprint density at radius 2 is 0.900 bits per heavy atom. The highest BCUT2D eigenvalue weighted by Crippen LogP contribution is 2.15. The summed E-state index contributed by atoms with van der Waals surface area (Å²) in [5, 5.41) is 2.71. The number of anilines is 1. The van der Waals surface area contributed by atoms with E-state index in [0.29, 0.717) is 119 Å². The Labute approximate surface area is 238 Å². The minimum atomic E-state index is -0.107. The molecule has 1 amide bonds. The topological polar surface area (TPSA) is 121 Å². The van der Waals surface area contributed by atoms with Gasteiger partial charge in [-0.25, -0.2) is 0 Å². The lowest BCUT2D eigenvalue weighted by atomic mass is 10.3. The molecule has 0 unspecified atom stereocenters. The minimum Gasteiger partial charge on any atom is -0.499 e. The Balaban J connectivity index is 1.69. The fourth-order valence-corrected chi connectivity index (χ4v) is 2.89. The molecule has 0 aromatic heterocycles. The molecular formula is C28H47NO11. The molecule has 0 fully saturated rings. The van der Waals surface area contributed by atoms with Crippen LogP contribution in [-0.2, 0) is 47.4 Å². The van der Waals surface area contributed by atoms with E-state index in [1.54, 1.807) is 24.3 Å². The summed E-state index contributed by atoms with van der Waals surface area (Å²) < 4.78 is 54.0. The molecule has 12 nitrogen and oxygen atoms in total. The number of rotatable bonds is 30. The zero-order valence-electron chi connectivity index (χ0n) is 23.8. The number of hydrogen-bond donors (Lipinski definition) is 1. The van der Waals surface area contributed by atoms with Crippen molar-refractivity contribution in [2.75, 3.05) is 124 Å². The van der Waals surface area contributed by atoms with Crippen molar-refractivity contribution in [3.63, 3.8) is 0 Å². The quantitative estimate of drug-likeness (QED) is 0.108. The van der Waals surface area contributed by atoms with Crippen LogP contribution in [-0.4, -0.2) is 125 Å². The van der Waals surface area contributed by atoms with Crippen LogP contribution < -0.4 is 10.1 Å².